The smallest absolute Gasteiger partial charge is 0.327 e. The van der Waals surface area contributed by atoms with Crippen molar-refractivity contribution in [3.63, 3.8) is 0 Å². The lowest BCUT2D eigenvalue weighted by Gasteiger charge is -2.39. The molecule has 9 atom stereocenters. The van der Waals surface area contributed by atoms with E-state index < -0.39 is 70.2 Å². The maximum Gasteiger partial charge on any atom is 0.327 e. The van der Waals surface area contributed by atoms with Crippen LogP contribution < -0.4 is 0 Å². The van der Waals surface area contributed by atoms with E-state index in [0.717, 1.165) is 31.9 Å². The molecule has 4 saturated carbocycles. The molecule has 264 valence electrons. The second-order valence-corrected chi connectivity index (χ2v) is 17.3. The SMILES string of the molecule is C.C.C.C.C.C.C.C.CCC(C)(C(=O)OC1CC2CCC1C2)S(=O)(=O)C1C2CC(C(=O)OC(C)(C)C)C(C2)C1S(C)(=O)=O. The predicted octanol–water partition coefficient (Wildman–Crippen LogP) is 8.17. The van der Waals surface area contributed by atoms with Gasteiger partial charge in [-0.1, -0.05) is 66.3 Å². The molecule has 9 unspecified atom stereocenters. The third kappa shape index (κ3) is 8.98. The van der Waals surface area contributed by atoms with Gasteiger partial charge in [0.15, 0.2) is 24.4 Å². The van der Waals surface area contributed by atoms with Gasteiger partial charge < -0.3 is 9.47 Å². The van der Waals surface area contributed by atoms with Gasteiger partial charge in [-0.3, -0.25) is 9.59 Å². The number of esters is 2. The zero-order valence-electron chi connectivity index (χ0n) is 21.7. The van der Waals surface area contributed by atoms with E-state index in [1.807, 2.05) is 0 Å². The van der Waals surface area contributed by atoms with E-state index in [2.05, 4.69) is 0 Å². The fraction of sp³-hybridized carbons (Fsp3) is 0.939. The second kappa shape index (κ2) is 17.0. The number of carbonyl (C=O) groups excluding carboxylic acids is 2. The zero-order valence-corrected chi connectivity index (χ0v) is 23.3. The Bertz CT molecular complexity index is 1090. The molecule has 0 aromatic carbocycles. The average Bonchev–Trinajstić information content (AvgIpc) is 3.50. The molecule has 0 amide bonds. The standard InChI is InChI=1S/C25H40O8S2.8CH4/c1-7-25(5,23(27)32-19-11-14-8-9-15(19)10-14)35(30,31)20-16-12-17(21(20)34(6,28)29)18(13-16)22(26)33-24(2,3)4;;;;;;;;/h14-21H,7-13H2,1-6H3;8*1H4. The highest BCUT2D eigenvalue weighted by atomic mass is 32.2. The highest BCUT2D eigenvalue weighted by Crippen LogP contribution is 2.56. The number of ether oxygens (including phenoxy) is 2. The summed E-state index contributed by atoms with van der Waals surface area (Å²) in [4.78, 5) is 26.3. The van der Waals surface area contributed by atoms with Crippen molar-refractivity contribution in [2.75, 3.05) is 6.26 Å². The van der Waals surface area contributed by atoms with Crippen molar-refractivity contribution in [1.82, 2.24) is 0 Å². The molecule has 43 heavy (non-hydrogen) atoms. The first-order valence-electron chi connectivity index (χ1n) is 12.9. The number of fused-ring (bicyclic) bond motifs is 4. The molecule has 0 heterocycles. The molecular weight excluding hydrogens is 588 g/mol. The van der Waals surface area contributed by atoms with E-state index in [1.54, 1.807) is 27.7 Å². The van der Waals surface area contributed by atoms with E-state index in [9.17, 15) is 26.4 Å². The molecule has 4 aliphatic rings. The molecule has 4 bridgehead atoms. The van der Waals surface area contributed by atoms with Crippen LogP contribution in [-0.2, 0) is 38.7 Å². The monoisotopic (exact) mass is 660 g/mol. The maximum atomic E-state index is 14.1. The van der Waals surface area contributed by atoms with Gasteiger partial charge in [-0.15, -0.1) is 0 Å². The van der Waals surface area contributed by atoms with Gasteiger partial charge in [-0.25, -0.2) is 16.8 Å². The lowest BCUT2D eigenvalue weighted by molar-refractivity contribution is -0.162. The normalized spacial score (nSPS) is 31.2. The van der Waals surface area contributed by atoms with E-state index in [4.69, 9.17) is 9.47 Å². The van der Waals surface area contributed by atoms with Crippen LogP contribution in [0, 0.1) is 29.6 Å². The van der Waals surface area contributed by atoms with Gasteiger partial charge in [0.25, 0.3) is 0 Å². The lowest BCUT2D eigenvalue weighted by Crippen LogP contribution is -2.57. The van der Waals surface area contributed by atoms with Crippen molar-refractivity contribution in [2.45, 2.75) is 166 Å². The molecule has 0 aromatic rings. The van der Waals surface area contributed by atoms with E-state index in [-0.39, 0.29) is 84.3 Å². The minimum Gasteiger partial charge on any atom is -0.461 e. The summed E-state index contributed by atoms with van der Waals surface area (Å²) in [5.41, 5.74) is -0.727. The summed E-state index contributed by atoms with van der Waals surface area (Å²) in [6, 6.07) is 0. The van der Waals surface area contributed by atoms with Crippen LogP contribution in [0.3, 0.4) is 0 Å². The topological polar surface area (TPSA) is 121 Å². The molecule has 0 aromatic heterocycles. The Morgan fingerprint density at radius 3 is 1.67 bits per heavy atom. The van der Waals surface area contributed by atoms with Gasteiger partial charge in [0.2, 0.25) is 0 Å². The van der Waals surface area contributed by atoms with Gasteiger partial charge in [0.05, 0.1) is 16.4 Å². The first-order chi connectivity index (χ1) is 16.0. The minimum atomic E-state index is -4.26. The Balaban J connectivity index is -0.000000602. The third-order valence-corrected chi connectivity index (χ3v) is 14.0. The van der Waals surface area contributed by atoms with Crippen LogP contribution in [0.15, 0.2) is 0 Å². The predicted molar refractivity (Wildman–Crippen MR) is 185 cm³/mol. The first kappa shape index (κ1) is 51.4. The summed E-state index contributed by atoms with van der Waals surface area (Å²) in [7, 11) is -8.10. The molecule has 0 aliphatic heterocycles. The van der Waals surface area contributed by atoms with Crippen LogP contribution in [0.2, 0.25) is 0 Å². The quantitative estimate of drug-likeness (QED) is 0.251. The second-order valence-electron chi connectivity index (χ2n) is 12.5. The van der Waals surface area contributed by atoms with Crippen LogP contribution in [-0.4, -0.2) is 62.0 Å². The number of hydrogen-bond donors (Lipinski definition) is 0. The van der Waals surface area contributed by atoms with Crippen LogP contribution in [0.1, 0.15) is 139 Å². The van der Waals surface area contributed by atoms with Crippen molar-refractivity contribution in [2.24, 2.45) is 29.6 Å². The molecule has 0 saturated heterocycles. The Morgan fingerprint density at radius 2 is 1.28 bits per heavy atom. The third-order valence-electron chi connectivity index (χ3n) is 9.09. The van der Waals surface area contributed by atoms with Gasteiger partial charge in [0, 0.05) is 6.26 Å². The molecule has 4 rings (SSSR count). The van der Waals surface area contributed by atoms with Gasteiger partial charge >= 0.3 is 11.9 Å². The van der Waals surface area contributed by atoms with Crippen molar-refractivity contribution >= 4 is 31.6 Å². The van der Waals surface area contributed by atoms with E-state index in [0.29, 0.717) is 12.3 Å². The zero-order chi connectivity index (χ0) is 26.1. The lowest BCUT2D eigenvalue weighted by atomic mass is 9.88. The summed E-state index contributed by atoms with van der Waals surface area (Å²) in [6.45, 7) is 8.25. The molecule has 0 spiro atoms. The Kier molecular flexibility index (Phi) is 20.3. The fourth-order valence-corrected chi connectivity index (χ4v) is 12.5. The van der Waals surface area contributed by atoms with Gasteiger partial charge in [-0.2, -0.15) is 0 Å². The molecular formula is C33H72O8S2. The number of sulfone groups is 2. The number of carbonyl (C=O) groups is 2. The van der Waals surface area contributed by atoms with Crippen LogP contribution in [0.25, 0.3) is 0 Å². The highest BCUT2D eigenvalue weighted by molar-refractivity contribution is 7.97. The van der Waals surface area contributed by atoms with Crippen LogP contribution in [0.5, 0.6) is 0 Å². The van der Waals surface area contributed by atoms with E-state index >= 15 is 0 Å². The summed E-state index contributed by atoms with van der Waals surface area (Å²) in [6.07, 6.45) is 5.23. The van der Waals surface area contributed by atoms with Crippen molar-refractivity contribution in [3.05, 3.63) is 0 Å². The van der Waals surface area contributed by atoms with E-state index in [1.165, 1.54) is 6.92 Å². The molecule has 10 heteroatoms. The van der Waals surface area contributed by atoms with Gasteiger partial charge in [0.1, 0.15) is 11.7 Å². The van der Waals surface area contributed by atoms with Gasteiger partial charge in [-0.05, 0) is 96.3 Å². The molecule has 4 aliphatic carbocycles. The Labute approximate surface area is 268 Å². The fourth-order valence-electron chi connectivity index (χ4n) is 7.25. The van der Waals surface area contributed by atoms with Crippen LogP contribution >= 0.6 is 0 Å². The summed E-state index contributed by atoms with van der Waals surface area (Å²) < 4.78 is 63.7. The number of rotatable bonds is 7. The Hall–Kier alpha value is -1.16. The number of hydrogen-bond acceptors (Lipinski definition) is 8. The molecule has 4 fully saturated rings. The maximum absolute atomic E-state index is 14.1. The van der Waals surface area contributed by atoms with Crippen molar-refractivity contribution in [1.29, 1.82) is 0 Å². The molecule has 0 radical (unpaired) electrons. The summed E-state index contributed by atoms with van der Waals surface area (Å²) in [5, 5.41) is -2.48. The first-order valence-corrected chi connectivity index (χ1v) is 16.4. The summed E-state index contributed by atoms with van der Waals surface area (Å²) in [5.74, 6) is -2.27. The summed E-state index contributed by atoms with van der Waals surface area (Å²) >= 11 is 0. The van der Waals surface area contributed by atoms with Crippen molar-refractivity contribution in [3.8, 4) is 0 Å². The van der Waals surface area contributed by atoms with Crippen LogP contribution in [0.4, 0.5) is 0 Å². The molecule has 0 N–H and O–H groups in total. The largest absolute Gasteiger partial charge is 0.461 e. The van der Waals surface area contributed by atoms with Crippen molar-refractivity contribution < 1.29 is 35.9 Å². The Morgan fingerprint density at radius 1 is 0.744 bits per heavy atom. The average molecular weight is 661 g/mol. The minimum absolute atomic E-state index is 0. The highest BCUT2D eigenvalue weighted by Gasteiger charge is 2.66. The molecule has 8 nitrogen and oxygen atoms in total.